The Balaban J connectivity index is 1.17. The molecule has 4 nitrogen and oxygen atoms in total. The Labute approximate surface area is 134 Å². The van der Waals surface area contributed by atoms with Crippen LogP contribution in [0.3, 0.4) is 0 Å². The molecular formula is C18H30N4. The molecule has 1 N–H and O–H groups in total. The maximum absolute atomic E-state index is 3.60. The maximum Gasteiger partial charge on any atom is 0.0384 e. The third-order valence-electron chi connectivity index (χ3n) is 8.24. The molecule has 0 aromatic carbocycles. The van der Waals surface area contributed by atoms with Crippen LogP contribution in [-0.4, -0.2) is 71.8 Å². The number of nitrogens with zero attached hydrogens (tertiary/aromatic N) is 3. The predicted octanol–water partition coefficient (Wildman–Crippen LogP) is 1.29. The van der Waals surface area contributed by atoms with Gasteiger partial charge in [0, 0.05) is 50.3 Å². The fraction of sp³-hybridized carbons (Fsp3) is 1.00. The van der Waals surface area contributed by atoms with Gasteiger partial charge < -0.3 is 5.32 Å². The molecule has 3 atom stereocenters. The van der Waals surface area contributed by atoms with Crippen LogP contribution in [0.4, 0.5) is 0 Å². The Hall–Kier alpha value is -0.160. The van der Waals surface area contributed by atoms with Crippen molar-refractivity contribution in [2.75, 3.05) is 39.3 Å². The van der Waals surface area contributed by atoms with Gasteiger partial charge in [-0.15, -0.1) is 0 Å². The summed E-state index contributed by atoms with van der Waals surface area (Å²) < 4.78 is 0. The largest absolute Gasteiger partial charge is 0.316 e. The first kappa shape index (κ1) is 13.2. The van der Waals surface area contributed by atoms with E-state index in [0.29, 0.717) is 11.0 Å². The van der Waals surface area contributed by atoms with Crippen LogP contribution in [0.2, 0.25) is 0 Å². The van der Waals surface area contributed by atoms with Crippen LogP contribution in [0.15, 0.2) is 0 Å². The van der Waals surface area contributed by atoms with Crippen molar-refractivity contribution in [1.82, 2.24) is 20.2 Å². The first-order valence-corrected chi connectivity index (χ1v) is 9.74. The van der Waals surface area contributed by atoms with Crippen molar-refractivity contribution in [3.63, 3.8) is 0 Å². The van der Waals surface area contributed by atoms with E-state index in [4.69, 9.17) is 0 Å². The molecule has 0 radical (unpaired) electrons. The fourth-order valence-corrected chi connectivity index (χ4v) is 7.02. The highest BCUT2D eigenvalue weighted by Gasteiger charge is 2.63. The molecule has 0 amide bonds. The molecule has 7 aliphatic rings. The number of rotatable bonds is 2. The number of fused-ring (bicyclic) bond motifs is 3. The Morgan fingerprint density at radius 3 is 2.68 bits per heavy atom. The smallest absolute Gasteiger partial charge is 0.0384 e. The van der Waals surface area contributed by atoms with Gasteiger partial charge in [-0.3, -0.25) is 4.90 Å². The summed E-state index contributed by atoms with van der Waals surface area (Å²) >= 11 is 0. The Morgan fingerprint density at radius 1 is 1.00 bits per heavy atom. The zero-order chi connectivity index (χ0) is 14.4. The summed E-state index contributed by atoms with van der Waals surface area (Å²) in [6.45, 7) is 7.95. The summed E-state index contributed by atoms with van der Waals surface area (Å²) in [7, 11) is 0. The number of hydrogen-bond donors (Lipinski definition) is 1. The van der Waals surface area contributed by atoms with E-state index in [1.54, 1.807) is 0 Å². The van der Waals surface area contributed by atoms with E-state index in [1.165, 1.54) is 84.2 Å². The molecule has 3 unspecified atom stereocenters. The number of piperidine rings is 1. The highest BCUT2D eigenvalue weighted by Crippen LogP contribution is 2.55. The molecular weight excluding hydrogens is 272 g/mol. The van der Waals surface area contributed by atoms with Gasteiger partial charge in [-0.2, -0.15) is 0 Å². The molecule has 5 aliphatic heterocycles. The molecule has 2 saturated carbocycles. The Kier molecular flexibility index (Phi) is 2.55. The van der Waals surface area contributed by atoms with E-state index >= 15 is 0 Å². The van der Waals surface area contributed by atoms with Crippen LogP contribution in [-0.2, 0) is 0 Å². The topological polar surface area (TPSA) is 21.8 Å². The highest BCUT2D eigenvalue weighted by atomic mass is 15.7. The second-order valence-electron chi connectivity index (χ2n) is 9.43. The second-order valence-corrected chi connectivity index (χ2v) is 9.43. The quantitative estimate of drug-likeness (QED) is 0.830. The van der Waals surface area contributed by atoms with Crippen LogP contribution >= 0.6 is 0 Å². The zero-order valence-electron chi connectivity index (χ0n) is 13.8. The third kappa shape index (κ3) is 1.62. The maximum atomic E-state index is 3.60. The van der Waals surface area contributed by atoms with E-state index in [1.807, 2.05) is 0 Å². The monoisotopic (exact) mass is 302 g/mol. The van der Waals surface area contributed by atoms with Gasteiger partial charge in [0.25, 0.3) is 0 Å². The molecule has 0 aromatic rings. The molecule has 22 heavy (non-hydrogen) atoms. The van der Waals surface area contributed by atoms with Gasteiger partial charge in [-0.05, 0) is 62.8 Å². The number of hydrazine groups is 1. The number of hydrogen-bond acceptors (Lipinski definition) is 4. The predicted molar refractivity (Wildman–Crippen MR) is 86.4 cm³/mol. The van der Waals surface area contributed by atoms with Crippen molar-refractivity contribution < 1.29 is 0 Å². The zero-order valence-corrected chi connectivity index (χ0v) is 13.8. The van der Waals surface area contributed by atoms with Crippen LogP contribution in [0.1, 0.15) is 44.9 Å². The van der Waals surface area contributed by atoms with Crippen molar-refractivity contribution >= 4 is 0 Å². The lowest BCUT2D eigenvalue weighted by molar-refractivity contribution is -0.0170. The van der Waals surface area contributed by atoms with Crippen molar-refractivity contribution in [2.45, 2.75) is 62.6 Å². The summed E-state index contributed by atoms with van der Waals surface area (Å²) in [5.41, 5.74) is 1.21. The first-order valence-electron chi connectivity index (χ1n) is 9.74. The lowest BCUT2D eigenvalue weighted by Crippen LogP contribution is -2.57. The highest BCUT2D eigenvalue weighted by molar-refractivity contribution is 5.18. The van der Waals surface area contributed by atoms with Gasteiger partial charge in [0.15, 0.2) is 0 Å². The summed E-state index contributed by atoms with van der Waals surface area (Å²) in [5, 5.41) is 9.19. The van der Waals surface area contributed by atoms with E-state index in [9.17, 15) is 0 Å². The fourth-order valence-electron chi connectivity index (χ4n) is 7.02. The van der Waals surface area contributed by atoms with Crippen LogP contribution < -0.4 is 5.32 Å². The van der Waals surface area contributed by atoms with Crippen LogP contribution in [0, 0.1) is 11.3 Å². The van der Waals surface area contributed by atoms with E-state index in [0.717, 1.165) is 18.0 Å². The van der Waals surface area contributed by atoms with Crippen LogP contribution in [0.5, 0.6) is 0 Å². The minimum atomic E-state index is 0.591. The summed E-state index contributed by atoms with van der Waals surface area (Å²) in [6, 6.07) is 1.83. The molecule has 5 heterocycles. The van der Waals surface area contributed by atoms with Gasteiger partial charge in [0.05, 0.1) is 0 Å². The number of likely N-dealkylation sites (tertiary alicyclic amines) is 1. The Morgan fingerprint density at radius 2 is 1.95 bits per heavy atom. The summed E-state index contributed by atoms with van der Waals surface area (Å²) in [6.07, 6.45) is 10.3. The standard InChI is InChI=1S/C18H30N4/c1-2-15-7-14(1)10-21(15)18-8-16(9-18)22(13-18)20-6-4-17(12-20)3-5-19-11-17/h14-16,19H,1-13H2. The average molecular weight is 302 g/mol. The molecule has 1 spiro atoms. The molecule has 4 heteroatoms. The van der Waals surface area contributed by atoms with Gasteiger partial charge in [-0.25, -0.2) is 10.0 Å². The normalized spacial score (nSPS) is 54.8. The van der Waals surface area contributed by atoms with E-state index in [-0.39, 0.29) is 0 Å². The van der Waals surface area contributed by atoms with Gasteiger partial charge in [0.1, 0.15) is 0 Å². The molecule has 4 bridgehead atoms. The molecule has 7 fully saturated rings. The van der Waals surface area contributed by atoms with E-state index in [2.05, 4.69) is 20.2 Å². The van der Waals surface area contributed by atoms with Crippen molar-refractivity contribution in [3.05, 3.63) is 0 Å². The molecule has 7 rings (SSSR count). The minimum absolute atomic E-state index is 0.591. The average Bonchev–Trinajstić information content (AvgIpc) is 3.31. The molecule has 2 aliphatic carbocycles. The Bertz CT molecular complexity index is 479. The van der Waals surface area contributed by atoms with Gasteiger partial charge >= 0.3 is 0 Å². The van der Waals surface area contributed by atoms with Gasteiger partial charge in [0.2, 0.25) is 0 Å². The summed E-state index contributed by atoms with van der Waals surface area (Å²) in [4.78, 5) is 2.97. The van der Waals surface area contributed by atoms with Crippen molar-refractivity contribution in [3.8, 4) is 0 Å². The SMILES string of the molecule is C1CC2(CCN(N3CC4(N5CC6CCC5C6)CC3C4)C2)CN1. The molecule has 5 saturated heterocycles. The second kappa shape index (κ2) is 4.27. The number of nitrogens with one attached hydrogen (secondary N) is 1. The molecule has 122 valence electrons. The van der Waals surface area contributed by atoms with Gasteiger partial charge in [-0.1, -0.05) is 0 Å². The lowest BCUT2D eigenvalue weighted by atomic mass is 9.75. The minimum Gasteiger partial charge on any atom is -0.316 e. The first-order chi connectivity index (χ1) is 10.8. The van der Waals surface area contributed by atoms with Crippen molar-refractivity contribution in [1.29, 1.82) is 0 Å². The van der Waals surface area contributed by atoms with Crippen molar-refractivity contribution in [2.24, 2.45) is 11.3 Å². The lowest BCUT2D eigenvalue weighted by Gasteiger charge is -2.48. The van der Waals surface area contributed by atoms with Crippen LogP contribution in [0.25, 0.3) is 0 Å². The third-order valence-corrected chi connectivity index (χ3v) is 8.24. The molecule has 0 aromatic heterocycles. The summed E-state index contributed by atoms with van der Waals surface area (Å²) in [5.74, 6) is 1.05. The van der Waals surface area contributed by atoms with E-state index < -0.39 is 0 Å².